The topological polar surface area (TPSA) is 39.2 Å². The molecule has 0 spiro atoms. The van der Waals surface area contributed by atoms with Crippen LogP contribution in [-0.4, -0.2) is 17.5 Å². The summed E-state index contributed by atoms with van der Waals surface area (Å²) in [5.41, 5.74) is 0.406. The minimum Gasteiger partial charge on any atom is -0.464 e. The third-order valence-electron chi connectivity index (χ3n) is 1.76. The second-order valence-electron chi connectivity index (χ2n) is 2.52. The van der Waals surface area contributed by atoms with Crippen LogP contribution in [0.3, 0.4) is 0 Å². The Labute approximate surface area is 79.1 Å². The molecule has 0 aliphatic heterocycles. The van der Waals surface area contributed by atoms with Gasteiger partial charge in [0.2, 0.25) is 0 Å². The van der Waals surface area contributed by atoms with Crippen molar-refractivity contribution in [3.8, 4) is 0 Å². The molecule has 1 aromatic carbocycles. The van der Waals surface area contributed by atoms with Crippen LogP contribution in [0.1, 0.15) is 10.5 Å². The lowest BCUT2D eigenvalue weighted by atomic mass is 10.2. The second kappa shape index (κ2) is 3.14. The van der Waals surface area contributed by atoms with Crippen molar-refractivity contribution >= 4 is 27.6 Å². The molecular weight excluding hydrogens is 186 g/mol. The van der Waals surface area contributed by atoms with E-state index in [1.54, 1.807) is 0 Å². The Balaban J connectivity index is 2.64. The highest BCUT2D eigenvalue weighted by Crippen LogP contribution is 2.22. The summed E-state index contributed by atoms with van der Waals surface area (Å²) in [5.74, 6) is -0.377. The van der Waals surface area contributed by atoms with E-state index in [-0.39, 0.29) is 5.97 Å². The van der Waals surface area contributed by atoms with Crippen LogP contribution in [0.15, 0.2) is 24.3 Å². The van der Waals surface area contributed by atoms with Crippen molar-refractivity contribution in [2.75, 3.05) is 7.11 Å². The molecule has 2 rings (SSSR count). The van der Waals surface area contributed by atoms with E-state index in [0.717, 1.165) is 10.1 Å². The third kappa shape index (κ3) is 1.29. The standard InChI is InChI=1S/C9H7NO2S/c1-12-9(11)8-6-4-2-3-5-7(6)13-10-8/h2-5H,1H3. The maximum absolute atomic E-state index is 11.2. The fourth-order valence-electron chi connectivity index (χ4n) is 1.13. The van der Waals surface area contributed by atoms with Gasteiger partial charge in [0.1, 0.15) is 0 Å². The largest absolute Gasteiger partial charge is 0.464 e. The number of esters is 1. The van der Waals surface area contributed by atoms with Crippen LogP contribution in [0.25, 0.3) is 10.1 Å². The molecule has 0 bridgehead atoms. The molecule has 0 radical (unpaired) electrons. The highest BCUT2D eigenvalue weighted by atomic mass is 32.1. The Morgan fingerprint density at radius 1 is 1.46 bits per heavy atom. The Hall–Kier alpha value is -1.42. The van der Waals surface area contributed by atoms with E-state index >= 15 is 0 Å². The summed E-state index contributed by atoms with van der Waals surface area (Å²) >= 11 is 1.31. The minimum absolute atomic E-state index is 0.377. The molecule has 0 saturated heterocycles. The van der Waals surface area contributed by atoms with Gasteiger partial charge in [0, 0.05) is 5.39 Å². The molecule has 0 aliphatic carbocycles. The fourth-order valence-corrected chi connectivity index (χ4v) is 1.89. The van der Waals surface area contributed by atoms with Crippen LogP contribution in [0.5, 0.6) is 0 Å². The number of nitrogens with zero attached hydrogens (tertiary/aromatic N) is 1. The molecule has 0 N–H and O–H groups in total. The predicted octanol–water partition coefficient (Wildman–Crippen LogP) is 2.08. The van der Waals surface area contributed by atoms with E-state index in [0.29, 0.717) is 5.69 Å². The minimum atomic E-state index is -0.377. The van der Waals surface area contributed by atoms with Gasteiger partial charge in [0.15, 0.2) is 5.69 Å². The lowest BCUT2D eigenvalue weighted by molar-refractivity contribution is 0.0598. The molecule has 0 atom stereocenters. The number of hydrogen-bond donors (Lipinski definition) is 0. The predicted molar refractivity (Wildman–Crippen MR) is 51.0 cm³/mol. The van der Waals surface area contributed by atoms with E-state index in [1.165, 1.54) is 18.6 Å². The molecule has 2 aromatic rings. The molecule has 0 aliphatic rings. The summed E-state index contributed by atoms with van der Waals surface area (Å²) < 4.78 is 9.64. The molecule has 3 nitrogen and oxygen atoms in total. The average Bonchev–Trinajstić information content (AvgIpc) is 2.60. The molecule has 0 saturated carbocycles. The van der Waals surface area contributed by atoms with Gasteiger partial charge in [0.25, 0.3) is 0 Å². The summed E-state index contributed by atoms with van der Waals surface area (Å²) in [7, 11) is 1.36. The zero-order valence-electron chi connectivity index (χ0n) is 6.98. The van der Waals surface area contributed by atoms with Crippen molar-refractivity contribution in [2.45, 2.75) is 0 Å². The van der Waals surface area contributed by atoms with Gasteiger partial charge in [-0.2, -0.15) is 4.37 Å². The number of ether oxygens (including phenoxy) is 1. The van der Waals surface area contributed by atoms with Gasteiger partial charge in [-0.3, -0.25) is 0 Å². The van der Waals surface area contributed by atoms with Gasteiger partial charge < -0.3 is 4.74 Å². The zero-order valence-corrected chi connectivity index (χ0v) is 7.80. The Morgan fingerprint density at radius 2 is 2.23 bits per heavy atom. The average molecular weight is 193 g/mol. The van der Waals surface area contributed by atoms with Crippen molar-refractivity contribution in [1.82, 2.24) is 4.37 Å². The summed E-state index contributed by atoms with van der Waals surface area (Å²) in [6, 6.07) is 7.59. The van der Waals surface area contributed by atoms with Crippen LogP contribution >= 0.6 is 11.5 Å². The van der Waals surface area contributed by atoms with Crippen molar-refractivity contribution in [3.63, 3.8) is 0 Å². The summed E-state index contributed by atoms with van der Waals surface area (Å²) in [4.78, 5) is 11.2. The second-order valence-corrected chi connectivity index (χ2v) is 3.32. The highest BCUT2D eigenvalue weighted by Gasteiger charge is 2.13. The van der Waals surface area contributed by atoms with Crippen LogP contribution in [-0.2, 0) is 4.74 Å². The third-order valence-corrected chi connectivity index (χ3v) is 2.58. The van der Waals surface area contributed by atoms with E-state index in [9.17, 15) is 4.79 Å². The van der Waals surface area contributed by atoms with Crippen molar-refractivity contribution in [1.29, 1.82) is 0 Å². The van der Waals surface area contributed by atoms with Crippen LogP contribution in [0.2, 0.25) is 0 Å². The number of hydrogen-bond acceptors (Lipinski definition) is 4. The van der Waals surface area contributed by atoms with Crippen molar-refractivity contribution in [2.24, 2.45) is 0 Å². The first-order chi connectivity index (χ1) is 6.33. The number of methoxy groups -OCH3 is 1. The summed E-state index contributed by atoms with van der Waals surface area (Å²) in [6.07, 6.45) is 0. The lowest BCUT2D eigenvalue weighted by Crippen LogP contribution is -2.01. The number of fused-ring (bicyclic) bond motifs is 1. The van der Waals surface area contributed by atoms with E-state index in [4.69, 9.17) is 0 Å². The first kappa shape index (κ1) is 8.19. The number of carbonyl (C=O) groups excluding carboxylic acids is 1. The summed E-state index contributed by atoms with van der Waals surface area (Å²) in [6.45, 7) is 0. The van der Waals surface area contributed by atoms with Crippen LogP contribution < -0.4 is 0 Å². The molecular formula is C9H7NO2S. The highest BCUT2D eigenvalue weighted by molar-refractivity contribution is 7.13. The number of benzene rings is 1. The van der Waals surface area contributed by atoms with E-state index in [1.807, 2.05) is 24.3 Å². The van der Waals surface area contributed by atoms with E-state index < -0.39 is 0 Å². The molecule has 13 heavy (non-hydrogen) atoms. The van der Waals surface area contributed by atoms with Gasteiger partial charge in [0.05, 0.1) is 11.8 Å². The van der Waals surface area contributed by atoms with Crippen molar-refractivity contribution in [3.05, 3.63) is 30.0 Å². The van der Waals surface area contributed by atoms with Gasteiger partial charge >= 0.3 is 5.97 Å². The molecule has 0 fully saturated rings. The van der Waals surface area contributed by atoms with Gasteiger partial charge in [-0.1, -0.05) is 18.2 Å². The quantitative estimate of drug-likeness (QED) is 0.651. The van der Waals surface area contributed by atoms with E-state index in [2.05, 4.69) is 9.11 Å². The Kier molecular flexibility index (Phi) is 1.98. The molecule has 4 heteroatoms. The summed E-state index contributed by atoms with van der Waals surface area (Å²) in [5, 5.41) is 0.861. The normalized spacial score (nSPS) is 10.2. The van der Waals surface area contributed by atoms with Gasteiger partial charge in [-0.25, -0.2) is 4.79 Å². The zero-order chi connectivity index (χ0) is 9.26. The van der Waals surface area contributed by atoms with Crippen LogP contribution in [0.4, 0.5) is 0 Å². The fraction of sp³-hybridized carbons (Fsp3) is 0.111. The maximum Gasteiger partial charge on any atom is 0.358 e. The molecule has 1 aromatic heterocycles. The molecule has 0 amide bonds. The molecule has 0 unspecified atom stereocenters. The maximum atomic E-state index is 11.2. The molecule has 66 valence electrons. The van der Waals surface area contributed by atoms with Crippen LogP contribution in [0, 0.1) is 0 Å². The number of aromatic nitrogens is 1. The Bertz CT molecular complexity index is 450. The first-order valence-corrected chi connectivity index (χ1v) is 4.53. The smallest absolute Gasteiger partial charge is 0.358 e. The van der Waals surface area contributed by atoms with Gasteiger partial charge in [-0.15, -0.1) is 0 Å². The molecule has 1 heterocycles. The number of rotatable bonds is 1. The first-order valence-electron chi connectivity index (χ1n) is 3.75. The monoisotopic (exact) mass is 193 g/mol. The van der Waals surface area contributed by atoms with Gasteiger partial charge in [-0.05, 0) is 17.6 Å². The lowest BCUT2D eigenvalue weighted by Gasteiger charge is -1.93. The SMILES string of the molecule is COC(=O)c1nsc2ccccc12. The van der Waals surface area contributed by atoms with Crippen molar-refractivity contribution < 1.29 is 9.53 Å². The Morgan fingerprint density at radius 3 is 3.00 bits per heavy atom. The number of carbonyl (C=O) groups is 1.